The number of hydrogen-bond acceptors (Lipinski definition) is 5. The van der Waals surface area contributed by atoms with Gasteiger partial charge in [-0.05, 0) is 30.6 Å². The van der Waals surface area contributed by atoms with Gasteiger partial charge in [-0.1, -0.05) is 23.7 Å². The number of ether oxygens (including phenoxy) is 1. The summed E-state index contributed by atoms with van der Waals surface area (Å²) in [4.78, 5) is 15.4. The summed E-state index contributed by atoms with van der Waals surface area (Å²) in [5.41, 5.74) is 1.49. The van der Waals surface area contributed by atoms with Crippen LogP contribution in [0.5, 0.6) is 0 Å². The summed E-state index contributed by atoms with van der Waals surface area (Å²) in [5, 5.41) is 4.09. The Labute approximate surface area is 109 Å². The zero-order valence-corrected chi connectivity index (χ0v) is 10.7. The van der Waals surface area contributed by atoms with Gasteiger partial charge in [-0.3, -0.25) is 0 Å². The second-order valence-electron chi connectivity index (χ2n) is 3.58. The first-order valence-corrected chi connectivity index (χ1v) is 5.77. The van der Waals surface area contributed by atoms with Gasteiger partial charge in [0, 0.05) is 0 Å². The Morgan fingerprint density at radius 2 is 2.28 bits per heavy atom. The molecule has 0 atom stereocenters. The van der Waals surface area contributed by atoms with Crippen molar-refractivity contribution in [1.82, 2.24) is 10.1 Å². The molecule has 0 unspecified atom stereocenters. The molecule has 0 radical (unpaired) electrons. The molecule has 0 saturated carbocycles. The van der Waals surface area contributed by atoms with Crippen molar-refractivity contribution in [2.75, 3.05) is 6.61 Å². The molecular weight excluding hydrogens is 256 g/mol. The molecule has 0 saturated heterocycles. The molecular formula is C12H11ClN2O3. The monoisotopic (exact) mass is 266 g/mol. The van der Waals surface area contributed by atoms with E-state index >= 15 is 0 Å². The summed E-state index contributed by atoms with van der Waals surface area (Å²) in [6, 6.07) is 5.44. The minimum Gasteiger partial charge on any atom is -0.460 e. The molecule has 0 fully saturated rings. The first-order chi connectivity index (χ1) is 8.63. The Kier molecular flexibility index (Phi) is 3.62. The van der Waals surface area contributed by atoms with E-state index in [0.29, 0.717) is 10.6 Å². The molecule has 5 nitrogen and oxygen atoms in total. The van der Waals surface area contributed by atoms with Gasteiger partial charge in [-0.2, -0.15) is 4.98 Å². The second-order valence-corrected chi connectivity index (χ2v) is 3.96. The van der Waals surface area contributed by atoms with Crippen molar-refractivity contribution < 1.29 is 14.1 Å². The number of carbonyl (C=O) groups is 1. The Morgan fingerprint density at radius 3 is 3.00 bits per heavy atom. The number of aryl methyl sites for hydroxylation is 1. The molecule has 0 amide bonds. The summed E-state index contributed by atoms with van der Waals surface area (Å²) < 4.78 is 9.78. The third kappa shape index (κ3) is 2.36. The normalized spacial score (nSPS) is 10.4. The van der Waals surface area contributed by atoms with Crippen LogP contribution in [0.2, 0.25) is 5.02 Å². The lowest BCUT2D eigenvalue weighted by Gasteiger charge is -2.00. The average molecular weight is 267 g/mol. The third-order valence-electron chi connectivity index (χ3n) is 2.31. The summed E-state index contributed by atoms with van der Waals surface area (Å²) in [6.07, 6.45) is 0. The van der Waals surface area contributed by atoms with E-state index in [1.54, 1.807) is 13.0 Å². The number of esters is 1. The van der Waals surface area contributed by atoms with E-state index in [1.165, 1.54) is 0 Å². The summed E-state index contributed by atoms with van der Waals surface area (Å²) in [7, 11) is 0. The molecule has 0 aliphatic carbocycles. The Hall–Kier alpha value is -1.88. The lowest BCUT2D eigenvalue weighted by molar-refractivity contribution is 0.0508. The van der Waals surface area contributed by atoms with Gasteiger partial charge in [0.25, 0.3) is 11.7 Å². The van der Waals surface area contributed by atoms with E-state index in [-0.39, 0.29) is 18.3 Å². The number of halogens is 1. The lowest BCUT2D eigenvalue weighted by Crippen LogP contribution is -2.06. The van der Waals surface area contributed by atoms with Crippen molar-refractivity contribution in [2.45, 2.75) is 13.8 Å². The van der Waals surface area contributed by atoms with E-state index in [2.05, 4.69) is 10.1 Å². The highest BCUT2D eigenvalue weighted by Gasteiger charge is 2.18. The van der Waals surface area contributed by atoms with Crippen LogP contribution >= 0.6 is 11.6 Å². The van der Waals surface area contributed by atoms with Gasteiger partial charge in [-0.25, -0.2) is 4.79 Å². The van der Waals surface area contributed by atoms with Crippen LogP contribution in [0.25, 0.3) is 11.5 Å². The van der Waals surface area contributed by atoms with Gasteiger partial charge in [0.15, 0.2) is 0 Å². The Balaban J connectivity index is 2.35. The zero-order valence-electron chi connectivity index (χ0n) is 9.94. The largest absolute Gasteiger partial charge is 0.460 e. The first kappa shape index (κ1) is 12.6. The van der Waals surface area contributed by atoms with E-state index < -0.39 is 5.97 Å². The fourth-order valence-electron chi connectivity index (χ4n) is 1.42. The maximum atomic E-state index is 11.4. The average Bonchev–Trinajstić information content (AvgIpc) is 2.82. The van der Waals surface area contributed by atoms with Gasteiger partial charge < -0.3 is 9.26 Å². The molecule has 18 heavy (non-hydrogen) atoms. The predicted octanol–water partition coefficient (Wildman–Crippen LogP) is 2.88. The van der Waals surface area contributed by atoms with Crippen LogP contribution in [0.4, 0.5) is 0 Å². The standard InChI is InChI=1S/C12H11ClN2O3/c1-3-17-12(16)10-14-11(18-15-10)8-6-4-5-7(2)9(8)13/h4-6H,3H2,1-2H3. The van der Waals surface area contributed by atoms with E-state index in [1.807, 2.05) is 19.1 Å². The highest BCUT2D eigenvalue weighted by Crippen LogP contribution is 2.29. The number of nitrogens with zero attached hydrogens (tertiary/aromatic N) is 2. The predicted molar refractivity (Wildman–Crippen MR) is 65.4 cm³/mol. The molecule has 1 heterocycles. The molecule has 6 heteroatoms. The van der Waals surface area contributed by atoms with Crippen LogP contribution in [0.3, 0.4) is 0 Å². The number of hydrogen-bond donors (Lipinski definition) is 0. The van der Waals surface area contributed by atoms with Crippen molar-refractivity contribution in [3.63, 3.8) is 0 Å². The molecule has 0 N–H and O–H groups in total. The molecule has 1 aromatic carbocycles. The quantitative estimate of drug-likeness (QED) is 0.799. The van der Waals surface area contributed by atoms with Crippen molar-refractivity contribution in [3.05, 3.63) is 34.6 Å². The van der Waals surface area contributed by atoms with Gasteiger partial charge in [0.2, 0.25) is 0 Å². The lowest BCUT2D eigenvalue weighted by atomic mass is 10.1. The van der Waals surface area contributed by atoms with Crippen LogP contribution < -0.4 is 0 Å². The maximum Gasteiger partial charge on any atom is 0.379 e. The van der Waals surface area contributed by atoms with Crippen LogP contribution in [0, 0.1) is 6.92 Å². The van der Waals surface area contributed by atoms with E-state index in [4.69, 9.17) is 20.9 Å². The van der Waals surface area contributed by atoms with Crippen LogP contribution in [0.15, 0.2) is 22.7 Å². The fourth-order valence-corrected chi connectivity index (χ4v) is 1.63. The smallest absolute Gasteiger partial charge is 0.379 e. The third-order valence-corrected chi connectivity index (χ3v) is 2.81. The fraction of sp³-hybridized carbons (Fsp3) is 0.250. The highest BCUT2D eigenvalue weighted by atomic mass is 35.5. The first-order valence-electron chi connectivity index (χ1n) is 5.39. The van der Waals surface area contributed by atoms with Crippen molar-refractivity contribution in [1.29, 1.82) is 0 Å². The van der Waals surface area contributed by atoms with Gasteiger partial charge in [0.05, 0.1) is 17.2 Å². The topological polar surface area (TPSA) is 65.2 Å². The highest BCUT2D eigenvalue weighted by molar-refractivity contribution is 6.33. The number of carbonyl (C=O) groups excluding carboxylic acids is 1. The minimum absolute atomic E-state index is 0.107. The zero-order chi connectivity index (χ0) is 13.1. The molecule has 94 valence electrons. The second kappa shape index (κ2) is 5.18. The summed E-state index contributed by atoms with van der Waals surface area (Å²) in [6.45, 7) is 3.83. The van der Waals surface area contributed by atoms with E-state index in [9.17, 15) is 4.79 Å². The summed E-state index contributed by atoms with van der Waals surface area (Å²) in [5.74, 6) is -0.521. The SMILES string of the molecule is CCOC(=O)c1noc(-c2cccc(C)c2Cl)n1. The molecule has 2 rings (SSSR count). The van der Waals surface area contributed by atoms with Crippen molar-refractivity contribution >= 4 is 17.6 Å². The van der Waals surface area contributed by atoms with Gasteiger partial charge in [0.1, 0.15) is 0 Å². The molecule has 2 aromatic rings. The molecule has 0 spiro atoms. The van der Waals surface area contributed by atoms with Crippen LogP contribution in [0.1, 0.15) is 23.1 Å². The van der Waals surface area contributed by atoms with Gasteiger partial charge >= 0.3 is 5.97 Å². The maximum absolute atomic E-state index is 11.4. The number of rotatable bonds is 3. The Morgan fingerprint density at radius 1 is 1.50 bits per heavy atom. The minimum atomic E-state index is -0.615. The molecule has 0 aliphatic rings. The van der Waals surface area contributed by atoms with Gasteiger partial charge in [-0.15, -0.1) is 0 Å². The van der Waals surface area contributed by atoms with E-state index in [0.717, 1.165) is 5.56 Å². The number of benzene rings is 1. The Bertz CT molecular complexity index is 580. The molecule has 0 bridgehead atoms. The van der Waals surface area contributed by atoms with Crippen molar-refractivity contribution in [3.8, 4) is 11.5 Å². The van der Waals surface area contributed by atoms with Crippen molar-refractivity contribution in [2.24, 2.45) is 0 Å². The summed E-state index contributed by atoms with van der Waals surface area (Å²) >= 11 is 6.13. The van der Waals surface area contributed by atoms with Crippen LogP contribution in [-0.4, -0.2) is 22.7 Å². The molecule has 0 aliphatic heterocycles. The number of aromatic nitrogens is 2. The van der Waals surface area contributed by atoms with Crippen LogP contribution in [-0.2, 0) is 4.74 Å². The molecule has 1 aromatic heterocycles.